The van der Waals surface area contributed by atoms with Crippen molar-refractivity contribution < 1.29 is 9.21 Å². The van der Waals surface area contributed by atoms with Gasteiger partial charge in [0.15, 0.2) is 0 Å². The molecule has 2 heteroatoms. The van der Waals surface area contributed by atoms with Crippen LogP contribution < -0.4 is 0 Å². The first-order valence-electron chi connectivity index (χ1n) is 8.67. The summed E-state index contributed by atoms with van der Waals surface area (Å²) >= 11 is 0. The molecule has 0 saturated heterocycles. The Balaban J connectivity index is 1.87. The topological polar surface area (TPSA) is 30.2 Å². The Bertz CT molecular complexity index is 556. The lowest BCUT2D eigenvalue weighted by atomic mass is 9.47. The van der Waals surface area contributed by atoms with Crippen LogP contribution in [-0.4, -0.2) is 6.29 Å². The van der Waals surface area contributed by atoms with E-state index >= 15 is 0 Å². The first kappa shape index (κ1) is 15.6. The van der Waals surface area contributed by atoms with E-state index in [1.165, 1.54) is 24.8 Å². The van der Waals surface area contributed by atoms with Crippen LogP contribution in [0.5, 0.6) is 0 Å². The van der Waals surface area contributed by atoms with Crippen molar-refractivity contribution in [1.29, 1.82) is 0 Å². The summed E-state index contributed by atoms with van der Waals surface area (Å²) in [6, 6.07) is 2.08. The van der Waals surface area contributed by atoms with Crippen molar-refractivity contribution >= 4 is 6.29 Å². The first-order chi connectivity index (χ1) is 10.5. The highest BCUT2D eigenvalue weighted by molar-refractivity contribution is 5.76. The van der Waals surface area contributed by atoms with Crippen molar-refractivity contribution in [3.63, 3.8) is 0 Å². The molecule has 0 aliphatic heterocycles. The van der Waals surface area contributed by atoms with Crippen LogP contribution in [0.3, 0.4) is 0 Å². The van der Waals surface area contributed by atoms with Crippen molar-refractivity contribution in [3.05, 3.63) is 35.8 Å². The van der Waals surface area contributed by atoms with Crippen molar-refractivity contribution in [3.8, 4) is 0 Å². The maximum Gasteiger partial charge on any atom is 0.146 e. The molecule has 1 saturated carbocycles. The van der Waals surface area contributed by atoms with Crippen molar-refractivity contribution in [2.75, 3.05) is 0 Å². The molecular formula is C20H28O2. The third-order valence-electron chi connectivity index (χ3n) is 6.93. The third-order valence-corrected chi connectivity index (χ3v) is 6.93. The Morgan fingerprint density at radius 1 is 1.36 bits per heavy atom. The Kier molecular flexibility index (Phi) is 4.05. The molecule has 2 aliphatic rings. The summed E-state index contributed by atoms with van der Waals surface area (Å²) in [6.07, 6.45) is 13.9. The summed E-state index contributed by atoms with van der Waals surface area (Å²) in [5.41, 5.74) is 2.73. The summed E-state index contributed by atoms with van der Waals surface area (Å²) in [5.74, 6) is 1.32. The first-order valence-corrected chi connectivity index (χ1v) is 8.67. The van der Waals surface area contributed by atoms with E-state index in [1.54, 1.807) is 6.26 Å². The number of aldehydes is 1. The van der Waals surface area contributed by atoms with Gasteiger partial charge in [-0.15, -0.1) is 0 Å². The Morgan fingerprint density at radius 3 is 2.86 bits per heavy atom. The molecule has 0 aromatic carbocycles. The summed E-state index contributed by atoms with van der Waals surface area (Å²) in [6.45, 7) is 7.21. The van der Waals surface area contributed by atoms with E-state index in [2.05, 4.69) is 32.9 Å². The molecule has 0 amide bonds. The molecule has 2 aliphatic carbocycles. The second-order valence-electron chi connectivity index (χ2n) is 7.90. The largest absolute Gasteiger partial charge is 0.472 e. The van der Waals surface area contributed by atoms with E-state index in [0.717, 1.165) is 31.1 Å². The minimum atomic E-state index is 0.0810. The lowest BCUT2D eigenvalue weighted by Gasteiger charge is -2.57. The molecule has 0 N–H and O–H groups in total. The number of rotatable bonds is 4. The zero-order chi connectivity index (χ0) is 15.8. The molecule has 1 aromatic rings. The van der Waals surface area contributed by atoms with E-state index in [-0.39, 0.29) is 5.41 Å². The van der Waals surface area contributed by atoms with Crippen LogP contribution in [0.15, 0.2) is 34.7 Å². The highest BCUT2D eigenvalue weighted by Gasteiger charge is 2.53. The number of carbonyl (C=O) groups is 1. The van der Waals surface area contributed by atoms with Crippen LogP contribution in [0.4, 0.5) is 0 Å². The predicted molar refractivity (Wildman–Crippen MR) is 88.5 cm³/mol. The zero-order valence-electron chi connectivity index (χ0n) is 14.1. The van der Waals surface area contributed by atoms with E-state index in [9.17, 15) is 4.79 Å². The number of allylic oxidation sites excluding steroid dienone is 2. The molecule has 4 unspecified atom stereocenters. The van der Waals surface area contributed by atoms with Crippen LogP contribution in [0.2, 0.25) is 0 Å². The van der Waals surface area contributed by atoms with Crippen LogP contribution in [-0.2, 0) is 11.2 Å². The number of aryl methyl sites for hydroxylation is 1. The van der Waals surface area contributed by atoms with Crippen molar-refractivity contribution in [1.82, 2.24) is 0 Å². The predicted octanol–water partition coefficient (Wildman–Crippen LogP) is 5.19. The molecule has 22 heavy (non-hydrogen) atoms. The maximum absolute atomic E-state index is 11.6. The van der Waals surface area contributed by atoms with Gasteiger partial charge in [0.1, 0.15) is 6.29 Å². The molecule has 0 bridgehead atoms. The molecule has 0 spiro atoms. The number of hydrogen-bond acceptors (Lipinski definition) is 2. The monoisotopic (exact) mass is 300 g/mol. The highest BCUT2D eigenvalue weighted by atomic mass is 16.3. The van der Waals surface area contributed by atoms with Gasteiger partial charge in [-0.2, -0.15) is 0 Å². The molecule has 120 valence electrons. The summed E-state index contributed by atoms with van der Waals surface area (Å²) in [4.78, 5) is 11.6. The highest BCUT2D eigenvalue weighted by Crippen LogP contribution is 2.61. The Morgan fingerprint density at radius 2 is 2.18 bits per heavy atom. The van der Waals surface area contributed by atoms with E-state index in [0.29, 0.717) is 17.3 Å². The summed E-state index contributed by atoms with van der Waals surface area (Å²) in [7, 11) is 0. The smallest absolute Gasteiger partial charge is 0.146 e. The minimum absolute atomic E-state index is 0.0810. The second-order valence-corrected chi connectivity index (χ2v) is 7.90. The Labute approximate surface area is 134 Å². The third kappa shape index (κ3) is 2.37. The van der Waals surface area contributed by atoms with Crippen molar-refractivity contribution in [2.24, 2.45) is 22.7 Å². The van der Waals surface area contributed by atoms with Gasteiger partial charge in [-0.3, -0.25) is 4.79 Å². The van der Waals surface area contributed by atoms with E-state index < -0.39 is 0 Å². The van der Waals surface area contributed by atoms with Gasteiger partial charge < -0.3 is 4.42 Å². The second kappa shape index (κ2) is 5.72. The maximum atomic E-state index is 11.6. The standard InChI is InChI=1S/C20H28O2/c1-15-7-10-20(3)17(13-21)5-4-6-18(20)19(15,2)11-8-16-9-12-22-14-16/h5,9,12-15,18H,4,6-8,10-11H2,1-3H3. The van der Waals surface area contributed by atoms with Crippen LogP contribution in [0, 0.1) is 22.7 Å². The van der Waals surface area contributed by atoms with E-state index in [4.69, 9.17) is 4.42 Å². The molecule has 1 heterocycles. The Hall–Kier alpha value is -1.31. The zero-order valence-corrected chi connectivity index (χ0v) is 14.1. The van der Waals surface area contributed by atoms with Gasteiger partial charge in [-0.1, -0.05) is 26.8 Å². The van der Waals surface area contributed by atoms with Crippen molar-refractivity contribution in [2.45, 2.75) is 59.3 Å². The van der Waals surface area contributed by atoms with Crippen LogP contribution in [0.25, 0.3) is 0 Å². The number of carbonyl (C=O) groups excluding carboxylic acids is 1. The molecule has 1 fully saturated rings. The fourth-order valence-electron chi connectivity index (χ4n) is 5.18. The van der Waals surface area contributed by atoms with Gasteiger partial charge in [-0.25, -0.2) is 0 Å². The average Bonchev–Trinajstić information content (AvgIpc) is 3.03. The lowest BCUT2D eigenvalue weighted by Crippen LogP contribution is -2.50. The molecule has 4 atom stereocenters. The fraction of sp³-hybridized carbons (Fsp3) is 0.650. The van der Waals surface area contributed by atoms with Gasteiger partial charge in [0.25, 0.3) is 0 Å². The van der Waals surface area contributed by atoms with E-state index in [1.807, 2.05) is 6.26 Å². The quantitative estimate of drug-likeness (QED) is 0.716. The summed E-state index contributed by atoms with van der Waals surface area (Å²) in [5, 5.41) is 0. The van der Waals surface area contributed by atoms with Gasteiger partial charge in [0.2, 0.25) is 0 Å². The van der Waals surface area contributed by atoms with Gasteiger partial charge in [-0.05, 0) is 78.4 Å². The SMILES string of the molecule is CC1CCC2(C)C(C=O)=CCCC2C1(C)CCc1ccoc1. The molecule has 1 aromatic heterocycles. The lowest BCUT2D eigenvalue weighted by molar-refractivity contribution is -0.109. The molecular weight excluding hydrogens is 272 g/mol. The average molecular weight is 300 g/mol. The molecule has 2 nitrogen and oxygen atoms in total. The van der Waals surface area contributed by atoms with Crippen LogP contribution in [0.1, 0.15) is 58.4 Å². The number of furan rings is 1. The van der Waals surface area contributed by atoms with Gasteiger partial charge >= 0.3 is 0 Å². The number of hydrogen-bond donors (Lipinski definition) is 0. The fourth-order valence-corrected chi connectivity index (χ4v) is 5.18. The van der Waals surface area contributed by atoms with Crippen LogP contribution >= 0.6 is 0 Å². The van der Waals surface area contributed by atoms with Gasteiger partial charge in [0.05, 0.1) is 12.5 Å². The van der Waals surface area contributed by atoms with Gasteiger partial charge in [0, 0.05) is 0 Å². The minimum Gasteiger partial charge on any atom is -0.472 e. The molecule has 3 rings (SSSR count). The molecule has 0 radical (unpaired) electrons. The number of fused-ring (bicyclic) bond motifs is 1. The normalized spacial score (nSPS) is 38.2. The summed E-state index contributed by atoms with van der Waals surface area (Å²) < 4.78 is 5.22.